The quantitative estimate of drug-likeness (QED) is 0.940. The maximum Gasteiger partial charge on any atom is 0.130 e. The molecule has 0 bridgehead atoms. The summed E-state index contributed by atoms with van der Waals surface area (Å²) >= 11 is 0. The van der Waals surface area contributed by atoms with E-state index in [2.05, 4.69) is 29.7 Å². The fourth-order valence-electron chi connectivity index (χ4n) is 3.37. The van der Waals surface area contributed by atoms with Crippen LogP contribution in [0.1, 0.15) is 38.4 Å². The van der Waals surface area contributed by atoms with Gasteiger partial charge in [0.2, 0.25) is 0 Å². The molecule has 4 heteroatoms. The molecule has 1 heterocycles. The highest BCUT2D eigenvalue weighted by atomic mass is 16.5. The molecule has 1 aromatic carbocycles. The first-order valence-corrected chi connectivity index (χ1v) is 7.87. The molecule has 1 aliphatic carbocycles. The van der Waals surface area contributed by atoms with E-state index in [0.717, 1.165) is 42.2 Å². The van der Waals surface area contributed by atoms with Gasteiger partial charge in [-0.25, -0.2) is 4.98 Å². The number of benzene rings is 1. The van der Waals surface area contributed by atoms with Crippen LogP contribution in [0.25, 0.3) is 11.0 Å². The lowest BCUT2D eigenvalue weighted by Gasteiger charge is -2.35. The fourth-order valence-corrected chi connectivity index (χ4v) is 3.37. The number of methoxy groups -OCH3 is 1. The number of imidazole rings is 1. The molecule has 0 radical (unpaired) electrons. The van der Waals surface area contributed by atoms with Crippen LogP contribution >= 0.6 is 0 Å². The van der Waals surface area contributed by atoms with Crippen molar-refractivity contribution in [3.63, 3.8) is 0 Å². The second-order valence-electron chi connectivity index (χ2n) is 6.41. The van der Waals surface area contributed by atoms with E-state index in [0.29, 0.717) is 6.61 Å². The van der Waals surface area contributed by atoms with E-state index in [1.165, 1.54) is 12.8 Å². The zero-order chi connectivity index (χ0) is 14.9. The minimum absolute atomic E-state index is 0.292. The average Bonchev–Trinajstić information content (AvgIpc) is 2.88. The molecule has 0 atom stereocenters. The van der Waals surface area contributed by atoms with Crippen molar-refractivity contribution in [2.75, 3.05) is 13.7 Å². The van der Waals surface area contributed by atoms with Gasteiger partial charge >= 0.3 is 0 Å². The van der Waals surface area contributed by atoms with Crippen LogP contribution in [0.5, 0.6) is 0 Å². The van der Waals surface area contributed by atoms with Crippen LogP contribution in [0.4, 0.5) is 0 Å². The summed E-state index contributed by atoms with van der Waals surface area (Å²) in [6.45, 7) is 3.80. The van der Waals surface area contributed by atoms with E-state index in [-0.39, 0.29) is 5.54 Å². The molecular formula is C17H25N3O. The van der Waals surface area contributed by atoms with Crippen LogP contribution in [0.2, 0.25) is 0 Å². The smallest absolute Gasteiger partial charge is 0.130 e. The topological polar surface area (TPSA) is 53.1 Å². The maximum atomic E-state index is 6.75. The van der Waals surface area contributed by atoms with Crippen molar-refractivity contribution in [2.24, 2.45) is 11.7 Å². The first kappa shape index (κ1) is 14.5. The number of para-hydroxylation sites is 2. The van der Waals surface area contributed by atoms with Gasteiger partial charge in [-0.1, -0.05) is 19.1 Å². The van der Waals surface area contributed by atoms with Crippen molar-refractivity contribution >= 4 is 11.0 Å². The third kappa shape index (κ3) is 2.70. The van der Waals surface area contributed by atoms with E-state index < -0.39 is 0 Å². The number of hydrogen-bond donors (Lipinski definition) is 1. The van der Waals surface area contributed by atoms with Gasteiger partial charge in [-0.15, -0.1) is 0 Å². The monoisotopic (exact) mass is 287 g/mol. The number of aromatic nitrogens is 2. The van der Waals surface area contributed by atoms with Gasteiger partial charge in [0.1, 0.15) is 5.82 Å². The highest BCUT2D eigenvalue weighted by molar-refractivity contribution is 5.76. The molecule has 0 spiro atoms. The summed E-state index contributed by atoms with van der Waals surface area (Å²) in [5.74, 6) is 1.81. The van der Waals surface area contributed by atoms with Gasteiger partial charge in [-0.3, -0.25) is 0 Å². The number of nitrogens with two attached hydrogens (primary N) is 1. The lowest BCUT2D eigenvalue weighted by atomic mass is 9.77. The van der Waals surface area contributed by atoms with Crippen LogP contribution in [0.15, 0.2) is 24.3 Å². The Kier molecular flexibility index (Phi) is 4.00. The third-order valence-corrected chi connectivity index (χ3v) is 4.79. The standard InChI is InChI=1S/C17H25N3O/c1-13-7-9-17(18,10-8-13)16-19-14-5-3-4-6-15(14)20(16)11-12-21-2/h3-6,13H,7-12,18H2,1-2H3. The molecule has 0 unspecified atom stereocenters. The Bertz CT molecular complexity index is 612. The van der Waals surface area contributed by atoms with Crippen molar-refractivity contribution in [1.29, 1.82) is 0 Å². The number of rotatable bonds is 4. The molecule has 2 aromatic rings. The summed E-state index contributed by atoms with van der Waals surface area (Å²) < 4.78 is 7.53. The van der Waals surface area contributed by atoms with Crippen molar-refractivity contribution in [3.05, 3.63) is 30.1 Å². The summed E-state index contributed by atoms with van der Waals surface area (Å²) in [7, 11) is 1.74. The summed E-state index contributed by atoms with van der Waals surface area (Å²) in [6.07, 6.45) is 4.41. The van der Waals surface area contributed by atoms with E-state index >= 15 is 0 Å². The predicted octanol–water partition coefficient (Wildman–Crippen LogP) is 3.05. The lowest BCUT2D eigenvalue weighted by Crippen LogP contribution is -2.42. The Balaban J connectivity index is 2.04. The molecule has 2 N–H and O–H groups in total. The summed E-state index contributed by atoms with van der Waals surface area (Å²) in [4.78, 5) is 4.87. The molecule has 0 saturated heterocycles. The highest BCUT2D eigenvalue weighted by Crippen LogP contribution is 2.38. The van der Waals surface area contributed by atoms with E-state index in [4.69, 9.17) is 15.5 Å². The van der Waals surface area contributed by atoms with Crippen LogP contribution < -0.4 is 5.73 Å². The summed E-state index contributed by atoms with van der Waals surface area (Å²) in [5.41, 5.74) is 8.66. The molecule has 1 aromatic heterocycles. The van der Waals surface area contributed by atoms with Gasteiger partial charge in [-0.05, 0) is 43.7 Å². The fraction of sp³-hybridized carbons (Fsp3) is 0.588. The first-order chi connectivity index (χ1) is 10.1. The van der Waals surface area contributed by atoms with Crippen molar-refractivity contribution in [1.82, 2.24) is 9.55 Å². The Morgan fingerprint density at radius 3 is 2.76 bits per heavy atom. The molecule has 1 fully saturated rings. The minimum atomic E-state index is -0.292. The van der Waals surface area contributed by atoms with Crippen LogP contribution in [0.3, 0.4) is 0 Å². The predicted molar refractivity (Wildman–Crippen MR) is 85.1 cm³/mol. The van der Waals surface area contributed by atoms with Gasteiger partial charge in [0.15, 0.2) is 0 Å². The highest BCUT2D eigenvalue weighted by Gasteiger charge is 2.36. The zero-order valence-corrected chi connectivity index (χ0v) is 13.0. The Morgan fingerprint density at radius 2 is 2.05 bits per heavy atom. The van der Waals surface area contributed by atoms with E-state index in [1.54, 1.807) is 7.11 Å². The van der Waals surface area contributed by atoms with Gasteiger partial charge in [0.25, 0.3) is 0 Å². The number of ether oxygens (including phenoxy) is 1. The Labute approximate surface area is 126 Å². The molecule has 3 rings (SSSR count). The van der Waals surface area contributed by atoms with Crippen LogP contribution in [-0.4, -0.2) is 23.3 Å². The van der Waals surface area contributed by atoms with Gasteiger partial charge in [0.05, 0.1) is 23.2 Å². The molecule has 0 aliphatic heterocycles. The Hall–Kier alpha value is -1.39. The average molecular weight is 287 g/mol. The maximum absolute atomic E-state index is 6.75. The minimum Gasteiger partial charge on any atom is -0.383 e. The largest absolute Gasteiger partial charge is 0.383 e. The molecular weight excluding hydrogens is 262 g/mol. The second-order valence-corrected chi connectivity index (χ2v) is 6.41. The van der Waals surface area contributed by atoms with Gasteiger partial charge < -0.3 is 15.0 Å². The summed E-state index contributed by atoms with van der Waals surface area (Å²) in [6, 6.07) is 8.28. The third-order valence-electron chi connectivity index (χ3n) is 4.79. The van der Waals surface area contributed by atoms with E-state index in [9.17, 15) is 0 Å². The molecule has 21 heavy (non-hydrogen) atoms. The molecule has 4 nitrogen and oxygen atoms in total. The summed E-state index contributed by atoms with van der Waals surface area (Å²) in [5, 5.41) is 0. The van der Waals surface area contributed by atoms with Crippen molar-refractivity contribution in [2.45, 2.75) is 44.7 Å². The molecule has 0 amide bonds. The normalized spacial score (nSPS) is 26.3. The SMILES string of the molecule is COCCn1c(C2(N)CCC(C)CC2)nc2ccccc21. The van der Waals surface area contributed by atoms with Gasteiger partial charge in [-0.2, -0.15) is 0 Å². The van der Waals surface area contributed by atoms with Crippen LogP contribution in [-0.2, 0) is 16.8 Å². The Morgan fingerprint density at radius 1 is 1.33 bits per heavy atom. The van der Waals surface area contributed by atoms with E-state index in [1.807, 2.05) is 6.07 Å². The molecule has 1 aliphatic rings. The lowest BCUT2D eigenvalue weighted by molar-refractivity contribution is 0.180. The van der Waals surface area contributed by atoms with Crippen molar-refractivity contribution in [3.8, 4) is 0 Å². The second kappa shape index (κ2) is 5.78. The number of nitrogens with zero attached hydrogens (tertiary/aromatic N) is 2. The number of fused-ring (bicyclic) bond motifs is 1. The van der Waals surface area contributed by atoms with Crippen molar-refractivity contribution < 1.29 is 4.74 Å². The van der Waals surface area contributed by atoms with Crippen LogP contribution in [0, 0.1) is 5.92 Å². The molecule has 114 valence electrons. The zero-order valence-electron chi connectivity index (χ0n) is 13.0. The number of hydrogen-bond acceptors (Lipinski definition) is 3. The first-order valence-electron chi connectivity index (χ1n) is 7.87. The van der Waals surface area contributed by atoms with Gasteiger partial charge in [0, 0.05) is 13.7 Å². The molecule has 1 saturated carbocycles.